The van der Waals surface area contributed by atoms with Crippen LogP contribution in [0, 0.1) is 5.92 Å². The third-order valence-corrected chi connectivity index (χ3v) is 3.53. The van der Waals surface area contributed by atoms with E-state index in [-0.39, 0.29) is 0 Å². The minimum Gasteiger partial charge on any atom is -0.461 e. The van der Waals surface area contributed by atoms with Gasteiger partial charge in [-0.1, -0.05) is 26.3 Å². The summed E-state index contributed by atoms with van der Waals surface area (Å²) in [5.74, 6) is 3.66. The van der Waals surface area contributed by atoms with Crippen molar-refractivity contribution in [1.29, 1.82) is 0 Å². The molecule has 2 nitrogen and oxygen atoms in total. The first-order chi connectivity index (χ1) is 8.24. The molecule has 0 aromatic carbocycles. The Balaban J connectivity index is 2.00. The second-order valence-electron chi connectivity index (χ2n) is 5.00. The molecule has 1 N–H and O–H groups in total. The van der Waals surface area contributed by atoms with Gasteiger partial charge in [0.2, 0.25) is 0 Å². The molecule has 0 saturated heterocycles. The van der Waals surface area contributed by atoms with Crippen LogP contribution in [0.4, 0.5) is 0 Å². The maximum atomic E-state index is 5.89. The number of furan rings is 1. The largest absolute Gasteiger partial charge is 0.461 e. The smallest absolute Gasteiger partial charge is 0.127 e. The number of likely N-dealkylation sites (N-methyl/N-ethyl adjacent to an activating group) is 1. The lowest BCUT2D eigenvalue weighted by Gasteiger charge is -2.03. The van der Waals surface area contributed by atoms with E-state index in [2.05, 4.69) is 44.3 Å². The molecule has 0 radical (unpaired) electrons. The Kier molecular flexibility index (Phi) is 4.06. The Morgan fingerprint density at radius 2 is 2.24 bits per heavy atom. The summed E-state index contributed by atoms with van der Waals surface area (Å²) >= 11 is 0. The third-order valence-electron chi connectivity index (χ3n) is 3.53. The zero-order chi connectivity index (χ0) is 12.3. The molecule has 1 aromatic heterocycles. The van der Waals surface area contributed by atoms with Crippen molar-refractivity contribution in [3.63, 3.8) is 0 Å². The van der Waals surface area contributed by atoms with Gasteiger partial charge in [-0.25, -0.2) is 0 Å². The fraction of sp³-hybridized carbons (Fsp3) is 0.600. The summed E-state index contributed by atoms with van der Waals surface area (Å²) in [6.07, 6.45) is 4.54. The lowest BCUT2D eigenvalue weighted by atomic mass is 10.1. The Labute approximate surface area is 104 Å². The first-order valence-electron chi connectivity index (χ1n) is 6.74. The quantitative estimate of drug-likeness (QED) is 0.808. The van der Waals surface area contributed by atoms with E-state index in [1.807, 2.05) is 0 Å². The highest BCUT2D eigenvalue weighted by Crippen LogP contribution is 2.47. The number of hydrogen-bond donors (Lipinski definition) is 1. The highest BCUT2D eigenvalue weighted by atomic mass is 16.3. The highest BCUT2D eigenvalue weighted by molar-refractivity contribution is 5.48. The van der Waals surface area contributed by atoms with Crippen LogP contribution in [0.15, 0.2) is 22.1 Å². The van der Waals surface area contributed by atoms with Gasteiger partial charge in [-0.2, -0.15) is 0 Å². The Hall–Kier alpha value is -1.02. The summed E-state index contributed by atoms with van der Waals surface area (Å²) in [6, 6.07) is 4.24. The van der Waals surface area contributed by atoms with E-state index in [0.717, 1.165) is 31.2 Å². The van der Waals surface area contributed by atoms with E-state index in [9.17, 15) is 0 Å². The van der Waals surface area contributed by atoms with Crippen LogP contribution in [0.25, 0.3) is 6.08 Å². The molecule has 0 bridgehead atoms. The van der Waals surface area contributed by atoms with Crippen LogP contribution in [0.1, 0.15) is 51.1 Å². The van der Waals surface area contributed by atoms with E-state index in [1.54, 1.807) is 0 Å². The lowest BCUT2D eigenvalue weighted by molar-refractivity contribution is 0.497. The predicted octanol–water partition coefficient (Wildman–Crippen LogP) is 3.81. The molecule has 0 spiro atoms. The fourth-order valence-electron chi connectivity index (χ4n) is 2.13. The summed E-state index contributed by atoms with van der Waals surface area (Å²) in [5.41, 5.74) is 1.40. The molecule has 2 unspecified atom stereocenters. The van der Waals surface area contributed by atoms with E-state index < -0.39 is 0 Å². The minimum absolute atomic E-state index is 0.677. The fourth-order valence-corrected chi connectivity index (χ4v) is 2.13. The molecular formula is C15H23NO. The van der Waals surface area contributed by atoms with Crippen molar-refractivity contribution in [1.82, 2.24) is 5.32 Å². The molecule has 1 aromatic rings. The molecule has 2 heteroatoms. The SMILES string of the molecule is CCNCC(=Cc1ccc(C2CC2C)o1)CC. The average molecular weight is 233 g/mol. The van der Waals surface area contributed by atoms with Crippen LogP contribution in [0.5, 0.6) is 0 Å². The lowest BCUT2D eigenvalue weighted by Crippen LogP contribution is -2.15. The van der Waals surface area contributed by atoms with Crippen molar-refractivity contribution in [2.24, 2.45) is 5.92 Å². The van der Waals surface area contributed by atoms with Gasteiger partial charge in [-0.3, -0.25) is 0 Å². The summed E-state index contributed by atoms with van der Waals surface area (Å²) < 4.78 is 5.89. The summed E-state index contributed by atoms with van der Waals surface area (Å²) in [6.45, 7) is 8.58. The standard InChI is InChI=1S/C15H23NO/c1-4-12(10-16-5-2)9-13-6-7-15(17-13)14-8-11(14)3/h6-7,9,11,14,16H,4-5,8,10H2,1-3H3. The van der Waals surface area contributed by atoms with Crippen LogP contribution < -0.4 is 5.32 Å². The molecule has 1 aliphatic rings. The van der Waals surface area contributed by atoms with Gasteiger partial charge in [0.05, 0.1) is 0 Å². The zero-order valence-electron chi connectivity index (χ0n) is 11.1. The van der Waals surface area contributed by atoms with Crippen LogP contribution >= 0.6 is 0 Å². The number of rotatable bonds is 6. The van der Waals surface area contributed by atoms with Crippen molar-refractivity contribution in [2.45, 2.75) is 39.5 Å². The minimum atomic E-state index is 0.677. The van der Waals surface area contributed by atoms with E-state index >= 15 is 0 Å². The monoisotopic (exact) mass is 233 g/mol. The maximum absolute atomic E-state index is 5.89. The molecule has 2 atom stereocenters. The second-order valence-corrected chi connectivity index (χ2v) is 5.00. The van der Waals surface area contributed by atoms with Crippen LogP contribution in [-0.4, -0.2) is 13.1 Å². The van der Waals surface area contributed by atoms with Gasteiger partial charge in [0.25, 0.3) is 0 Å². The molecule has 94 valence electrons. The molecule has 1 saturated carbocycles. The van der Waals surface area contributed by atoms with E-state index in [1.165, 1.54) is 17.8 Å². The second kappa shape index (κ2) is 5.54. The molecule has 1 fully saturated rings. The summed E-state index contributed by atoms with van der Waals surface area (Å²) in [4.78, 5) is 0. The van der Waals surface area contributed by atoms with Gasteiger partial charge < -0.3 is 9.73 Å². The first-order valence-corrected chi connectivity index (χ1v) is 6.74. The van der Waals surface area contributed by atoms with Crippen molar-refractivity contribution >= 4 is 6.08 Å². The molecule has 0 aliphatic heterocycles. The van der Waals surface area contributed by atoms with E-state index in [0.29, 0.717) is 5.92 Å². The molecular weight excluding hydrogens is 210 g/mol. The van der Waals surface area contributed by atoms with Crippen molar-refractivity contribution in [2.75, 3.05) is 13.1 Å². The van der Waals surface area contributed by atoms with Crippen molar-refractivity contribution in [3.05, 3.63) is 29.2 Å². The topological polar surface area (TPSA) is 25.2 Å². The van der Waals surface area contributed by atoms with Gasteiger partial charge in [-0.05, 0) is 43.5 Å². The highest BCUT2D eigenvalue weighted by Gasteiger charge is 2.36. The van der Waals surface area contributed by atoms with Gasteiger partial charge in [-0.15, -0.1) is 0 Å². The number of hydrogen-bond acceptors (Lipinski definition) is 2. The summed E-state index contributed by atoms with van der Waals surface area (Å²) in [5, 5.41) is 3.36. The maximum Gasteiger partial charge on any atom is 0.127 e. The molecule has 1 heterocycles. The molecule has 0 amide bonds. The van der Waals surface area contributed by atoms with Crippen molar-refractivity contribution < 1.29 is 4.42 Å². The normalized spacial score (nSPS) is 24.1. The third kappa shape index (κ3) is 3.22. The Morgan fingerprint density at radius 1 is 1.47 bits per heavy atom. The Bertz CT molecular complexity index is 391. The molecule has 1 aliphatic carbocycles. The van der Waals surface area contributed by atoms with Gasteiger partial charge in [0, 0.05) is 12.5 Å². The van der Waals surface area contributed by atoms with Crippen molar-refractivity contribution in [3.8, 4) is 0 Å². The van der Waals surface area contributed by atoms with E-state index in [4.69, 9.17) is 4.42 Å². The Morgan fingerprint density at radius 3 is 2.82 bits per heavy atom. The first kappa shape index (κ1) is 12.4. The zero-order valence-corrected chi connectivity index (χ0v) is 11.1. The van der Waals surface area contributed by atoms with Crippen LogP contribution in [-0.2, 0) is 0 Å². The number of nitrogens with one attached hydrogen (secondary N) is 1. The van der Waals surface area contributed by atoms with Gasteiger partial charge in [0.1, 0.15) is 11.5 Å². The van der Waals surface area contributed by atoms with Gasteiger partial charge >= 0.3 is 0 Å². The average Bonchev–Trinajstić information content (AvgIpc) is 2.89. The molecule has 2 rings (SSSR count). The molecule has 17 heavy (non-hydrogen) atoms. The van der Waals surface area contributed by atoms with Gasteiger partial charge in [0.15, 0.2) is 0 Å². The van der Waals surface area contributed by atoms with Crippen LogP contribution in [0.3, 0.4) is 0 Å². The predicted molar refractivity (Wildman–Crippen MR) is 72.0 cm³/mol. The summed E-state index contributed by atoms with van der Waals surface area (Å²) in [7, 11) is 0. The van der Waals surface area contributed by atoms with Crippen LogP contribution in [0.2, 0.25) is 0 Å².